The molecule has 4 heterocycles. The minimum atomic E-state index is -0.521. The number of carbonyl (C=O) groups is 1. The number of rotatable bonds is 9. The van der Waals surface area contributed by atoms with E-state index in [1.54, 1.807) is 50.7 Å². The van der Waals surface area contributed by atoms with Gasteiger partial charge in [-0.1, -0.05) is 30.3 Å². The van der Waals surface area contributed by atoms with Crippen LogP contribution in [-0.4, -0.2) is 41.5 Å². The first-order valence-corrected chi connectivity index (χ1v) is 11.8. The zero-order valence-electron chi connectivity index (χ0n) is 19.9. The standard InChI is InChI=1S/C27H25FN6O3/c28-25-23(29-13-21-8-10-32(11-12-35)26(21)25)15-30-27(37)22-14-31-34(18-22)17-20-6-4-19(5-7-20)16-33-9-2-1-3-24(33)36/h1-10,13-14,18,35H,11-12,15-17H2,(H,30,37). The summed E-state index contributed by atoms with van der Waals surface area (Å²) in [5.41, 5.74) is 2.76. The van der Waals surface area contributed by atoms with Gasteiger partial charge in [-0.2, -0.15) is 5.10 Å². The lowest BCUT2D eigenvalue weighted by Gasteiger charge is -2.08. The van der Waals surface area contributed by atoms with Crippen LogP contribution in [0.25, 0.3) is 10.9 Å². The highest BCUT2D eigenvalue weighted by Crippen LogP contribution is 2.21. The Morgan fingerprint density at radius 2 is 1.76 bits per heavy atom. The van der Waals surface area contributed by atoms with Crippen LogP contribution in [0.5, 0.6) is 0 Å². The highest BCUT2D eigenvalue weighted by molar-refractivity contribution is 5.93. The number of aliphatic hydroxyl groups is 1. The maximum atomic E-state index is 15.0. The summed E-state index contributed by atoms with van der Waals surface area (Å²) in [4.78, 5) is 28.7. The molecule has 0 aliphatic heterocycles. The third-order valence-corrected chi connectivity index (χ3v) is 6.09. The van der Waals surface area contributed by atoms with Gasteiger partial charge in [-0.25, -0.2) is 4.39 Å². The van der Waals surface area contributed by atoms with E-state index in [4.69, 9.17) is 0 Å². The van der Waals surface area contributed by atoms with Gasteiger partial charge in [0.2, 0.25) is 0 Å². The molecule has 4 aromatic heterocycles. The summed E-state index contributed by atoms with van der Waals surface area (Å²) in [7, 11) is 0. The van der Waals surface area contributed by atoms with Crippen molar-refractivity contribution in [1.82, 2.24) is 29.2 Å². The Balaban J connectivity index is 1.20. The number of hydrogen-bond acceptors (Lipinski definition) is 5. The van der Waals surface area contributed by atoms with Crippen molar-refractivity contribution in [2.45, 2.75) is 26.2 Å². The Morgan fingerprint density at radius 3 is 2.51 bits per heavy atom. The zero-order valence-corrected chi connectivity index (χ0v) is 19.9. The Kier molecular flexibility index (Phi) is 6.91. The minimum absolute atomic E-state index is 0.0516. The fourth-order valence-corrected chi connectivity index (χ4v) is 4.16. The molecule has 0 saturated carbocycles. The molecule has 0 aliphatic rings. The lowest BCUT2D eigenvalue weighted by molar-refractivity contribution is 0.0950. The SMILES string of the molecule is O=C(NCc1ncc2ccn(CCO)c2c1F)c1cnn(Cc2ccc(Cn3ccccc3=O)cc2)c1. The molecular weight excluding hydrogens is 475 g/mol. The van der Waals surface area contributed by atoms with Crippen LogP contribution in [0.4, 0.5) is 4.39 Å². The van der Waals surface area contributed by atoms with Crippen LogP contribution >= 0.6 is 0 Å². The maximum absolute atomic E-state index is 15.0. The normalized spacial score (nSPS) is 11.2. The molecule has 0 radical (unpaired) electrons. The fraction of sp³-hybridized carbons (Fsp3) is 0.185. The van der Waals surface area contributed by atoms with Gasteiger partial charge in [-0.15, -0.1) is 0 Å². The molecule has 0 aliphatic carbocycles. The van der Waals surface area contributed by atoms with Crippen LogP contribution in [0, 0.1) is 5.82 Å². The number of nitrogens with zero attached hydrogens (tertiary/aromatic N) is 5. The highest BCUT2D eigenvalue weighted by atomic mass is 19.1. The van der Waals surface area contributed by atoms with Crippen LogP contribution < -0.4 is 10.9 Å². The second-order valence-electron chi connectivity index (χ2n) is 8.65. The van der Waals surface area contributed by atoms with E-state index < -0.39 is 5.82 Å². The van der Waals surface area contributed by atoms with Crippen molar-refractivity contribution >= 4 is 16.8 Å². The third kappa shape index (κ3) is 5.34. The van der Waals surface area contributed by atoms with E-state index in [0.29, 0.717) is 29.6 Å². The van der Waals surface area contributed by atoms with Crippen molar-refractivity contribution < 1.29 is 14.3 Å². The molecule has 188 valence electrons. The van der Waals surface area contributed by atoms with E-state index >= 15 is 4.39 Å². The van der Waals surface area contributed by atoms with Gasteiger partial charge >= 0.3 is 0 Å². The van der Waals surface area contributed by atoms with Crippen molar-refractivity contribution in [3.63, 3.8) is 0 Å². The zero-order chi connectivity index (χ0) is 25.8. The number of aromatic nitrogens is 5. The van der Waals surface area contributed by atoms with Crippen LogP contribution in [0.1, 0.15) is 27.2 Å². The summed E-state index contributed by atoms with van der Waals surface area (Å²) in [5.74, 6) is -0.908. The van der Waals surface area contributed by atoms with E-state index in [-0.39, 0.29) is 36.9 Å². The number of pyridine rings is 2. The van der Waals surface area contributed by atoms with Crippen molar-refractivity contribution in [1.29, 1.82) is 0 Å². The van der Waals surface area contributed by atoms with Gasteiger partial charge in [-0.05, 0) is 23.3 Å². The summed E-state index contributed by atoms with van der Waals surface area (Å²) < 4.78 is 19.9. The summed E-state index contributed by atoms with van der Waals surface area (Å²) in [5, 5.41) is 16.8. The molecule has 0 spiro atoms. The molecule has 2 N–H and O–H groups in total. The van der Waals surface area contributed by atoms with Crippen molar-refractivity contribution in [3.05, 3.63) is 118 Å². The highest BCUT2D eigenvalue weighted by Gasteiger charge is 2.15. The summed E-state index contributed by atoms with van der Waals surface area (Å²) in [6.45, 7) is 1.03. The number of amides is 1. The van der Waals surface area contributed by atoms with Gasteiger partial charge in [0.15, 0.2) is 5.82 Å². The molecule has 0 saturated heterocycles. The predicted octanol–water partition coefficient (Wildman–Crippen LogP) is 2.55. The molecule has 9 nitrogen and oxygen atoms in total. The first-order valence-electron chi connectivity index (χ1n) is 11.8. The van der Waals surface area contributed by atoms with E-state index in [1.807, 2.05) is 30.3 Å². The van der Waals surface area contributed by atoms with Crippen LogP contribution in [0.3, 0.4) is 0 Å². The van der Waals surface area contributed by atoms with Crippen LogP contribution in [0.2, 0.25) is 0 Å². The number of carbonyl (C=O) groups excluding carboxylic acids is 1. The Hall–Kier alpha value is -4.57. The molecule has 1 aromatic carbocycles. The average molecular weight is 501 g/mol. The van der Waals surface area contributed by atoms with Gasteiger partial charge in [0, 0.05) is 42.8 Å². The Morgan fingerprint density at radius 1 is 0.973 bits per heavy atom. The van der Waals surface area contributed by atoms with Crippen molar-refractivity contribution in [2.75, 3.05) is 6.61 Å². The summed E-state index contributed by atoms with van der Waals surface area (Å²) in [6, 6.07) is 14.6. The van der Waals surface area contributed by atoms with E-state index in [2.05, 4.69) is 15.4 Å². The lowest BCUT2D eigenvalue weighted by Crippen LogP contribution is -2.23. The molecule has 0 unspecified atom stereocenters. The second-order valence-corrected chi connectivity index (χ2v) is 8.65. The molecule has 0 bridgehead atoms. The molecular formula is C27H25FN6O3. The largest absolute Gasteiger partial charge is 0.395 e. The fourth-order valence-electron chi connectivity index (χ4n) is 4.16. The van der Waals surface area contributed by atoms with Crippen molar-refractivity contribution in [3.8, 4) is 0 Å². The molecule has 5 aromatic rings. The third-order valence-electron chi connectivity index (χ3n) is 6.09. The van der Waals surface area contributed by atoms with Crippen LogP contribution in [0.15, 0.2) is 84.3 Å². The first-order chi connectivity index (χ1) is 18.0. The molecule has 0 fully saturated rings. The number of halogens is 1. The Labute approximate surface area is 211 Å². The second kappa shape index (κ2) is 10.6. The number of aliphatic hydroxyl groups excluding tert-OH is 1. The molecule has 0 atom stereocenters. The van der Waals surface area contributed by atoms with Gasteiger partial charge in [0.25, 0.3) is 11.5 Å². The molecule has 5 rings (SSSR count). The summed E-state index contributed by atoms with van der Waals surface area (Å²) in [6.07, 6.45) is 8.09. The Bertz CT molecular complexity index is 1600. The maximum Gasteiger partial charge on any atom is 0.254 e. The molecule has 1 amide bonds. The van der Waals surface area contributed by atoms with Gasteiger partial charge < -0.3 is 19.6 Å². The lowest BCUT2D eigenvalue weighted by atomic mass is 10.1. The number of nitrogens with one attached hydrogen (secondary N) is 1. The number of benzene rings is 1. The van der Waals surface area contributed by atoms with Crippen LogP contribution in [-0.2, 0) is 26.2 Å². The predicted molar refractivity (Wildman–Crippen MR) is 136 cm³/mol. The van der Waals surface area contributed by atoms with Gasteiger partial charge in [-0.3, -0.25) is 19.3 Å². The van der Waals surface area contributed by atoms with Crippen molar-refractivity contribution in [2.24, 2.45) is 0 Å². The van der Waals surface area contributed by atoms with E-state index in [9.17, 15) is 14.7 Å². The minimum Gasteiger partial charge on any atom is -0.395 e. The topological polar surface area (TPSA) is 107 Å². The van der Waals surface area contributed by atoms with E-state index in [0.717, 1.165) is 11.1 Å². The molecule has 10 heteroatoms. The van der Waals surface area contributed by atoms with E-state index in [1.165, 1.54) is 12.3 Å². The molecule has 37 heavy (non-hydrogen) atoms. The number of hydrogen-bond donors (Lipinski definition) is 2. The smallest absolute Gasteiger partial charge is 0.254 e. The van der Waals surface area contributed by atoms with Gasteiger partial charge in [0.1, 0.15) is 0 Å². The monoisotopic (exact) mass is 500 g/mol. The average Bonchev–Trinajstić information content (AvgIpc) is 3.54. The first kappa shape index (κ1) is 24.1. The number of fused-ring (bicyclic) bond motifs is 1. The quantitative estimate of drug-likeness (QED) is 0.324. The summed E-state index contributed by atoms with van der Waals surface area (Å²) >= 11 is 0. The van der Waals surface area contributed by atoms with Gasteiger partial charge in [0.05, 0.1) is 49.2 Å².